The summed E-state index contributed by atoms with van der Waals surface area (Å²) in [5.74, 6) is 0.301. The number of nitrogens with zero attached hydrogens (tertiary/aromatic N) is 3. The van der Waals surface area contributed by atoms with Crippen LogP contribution in [0.25, 0.3) is 10.9 Å². The highest BCUT2D eigenvalue weighted by Crippen LogP contribution is 2.24. The van der Waals surface area contributed by atoms with Crippen molar-refractivity contribution >= 4 is 16.6 Å². The average molecular weight is 301 g/mol. The molecule has 3 rings (SSSR count). The fourth-order valence-corrected chi connectivity index (χ4v) is 2.46. The van der Waals surface area contributed by atoms with Gasteiger partial charge in [0.15, 0.2) is 6.29 Å². The highest BCUT2D eigenvalue weighted by molar-refractivity contribution is 5.83. The topological polar surface area (TPSA) is 59.8 Å². The first kappa shape index (κ1) is 14.6. The van der Waals surface area contributed by atoms with Gasteiger partial charge in [0.1, 0.15) is 5.76 Å². The average Bonchev–Trinajstić information content (AvgIpc) is 2.95. The van der Waals surface area contributed by atoms with Crippen molar-refractivity contribution in [2.75, 3.05) is 25.7 Å². The van der Waals surface area contributed by atoms with Gasteiger partial charge in [-0.1, -0.05) is 0 Å². The zero-order chi connectivity index (χ0) is 15.5. The fourth-order valence-electron chi connectivity index (χ4n) is 2.46. The summed E-state index contributed by atoms with van der Waals surface area (Å²) in [5, 5.41) is 14.8. The summed E-state index contributed by atoms with van der Waals surface area (Å²) in [5.41, 5.74) is 2.09. The molecule has 1 aliphatic rings. The van der Waals surface area contributed by atoms with Crippen molar-refractivity contribution in [1.82, 2.24) is 9.78 Å². The van der Waals surface area contributed by atoms with Crippen molar-refractivity contribution in [2.24, 2.45) is 0 Å². The molecule has 0 atom stereocenters. The zero-order valence-electron chi connectivity index (χ0n) is 12.6. The van der Waals surface area contributed by atoms with Crippen LogP contribution in [0.15, 0.2) is 48.5 Å². The third-order valence-electron chi connectivity index (χ3n) is 3.73. The number of allylic oxidation sites excluding steroid dienone is 1. The van der Waals surface area contributed by atoms with E-state index in [1.54, 1.807) is 26.4 Å². The van der Waals surface area contributed by atoms with Crippen LogP contribution in [-0.4, -0.2) is 41.9 Å². The number of benzene rings is 1. The molecule has 0 amide bonds. The van der Waals surface area contributed by atoms with Crippen molar-refractivity contribution in [3.05, 3.63) is 48.5 Å². The highest BCUT2D eigenvalue weighted by Gasteiger charge is 2.12. The minimum Gasteiger partial charge on any atom is -0.508 e. The van der Waals surface area contributed by atoms with Crippen LogP contribution in [0.2, 0.25) is 0 Å². The highest BCUT2D eigenvalue weighted by atomic mass is 16.7. The summed E-state index contributed by atoms with van der Waals surface area (Å²) in [6, 6.07) is 6.15. The van der Waals surface area contributed by atoms with E-state index in [0.717, 1.165) is 16.6 Å². The Hall–Kier alpha value is -2.31. The van der Waals surface area contributed by atoms with Gasteiger partial charge in [-0.2, -0.15) is 5.10 Å². The van der Waals surface area contributed by atoms with Crippen molar-refractivity contribution < 1.29 is 14.6 Å². The summed E-state index contributed by atoms with van der Waals surface area (Å²) in [6.45, 7) is 1.19. The second-order valence-electron chi connectivity index (χ2n) is 5.07. The molecule has 0 saturated carbocycles. The lowest BCUT2D eigenvalue weighted by Gasteiger charge is -2.21. The van der Waals surface area contributed by atoms with Crippen LogP contribution in [0.5, 0.6) is 0 Å². The predicted octanol–water partition coefficient (Wildman–Crippen LogP) is 2.43. The SMILES string of the molecule is COC(Cn1ncc2cc(N3C=CC(O)=CC3)ccc21)OC. The zero-order valence-corrected chi connectivity index (χ0v) is 12.6. The molecule has 1 N–H and O–H groups in total. The van der Waals surface area contributed by atoms with E-state index in [9.17, 15) is 5.11 Å². The summed E-state index contributed by atoms with van der Waals surface area (Å²) in [6.07, 6.45) is 6.84. The summed E-state index contributed by atoms with van der Waals surface area (Å²) in [7, 11) is 3.23. The van der Waals surface area contributed by atoms with Gasteiger partial charge in [0, 0.05) is 38.0 Å². The first-order valence-corrected chi connectivity index (χ1v) is 7.06. The first-order valence-electron chi connectivity index (χ1n) is 7.06. The Balaban J connectivity index is 1.85. The first-order chi connectivity index (χ1) is 10.7. The van der Waals surface area contributed by atoms with Crippen molar-refractivity contribution in [2.45, 2.75) is 12.8 Å². The number of rotatable bonds is 5. The molecule has 2 aromatic rings. The third-order valence-corrected chi connectivity index (χ3v) is 3.73. The van der Waals surface area contributed by atoms with Crippen LogP contribution < -0.4 is 4.90 Å². The van der Waals surface area contributed by atoms with Crippen molar-refractivity contribution in [3.63, 3.8) is 0 Å². The van der Waals surface area contributed by atoms with Gasteiger partial charge in [-0.05, 0) is 30.4 Å². The molecular formula is C16H19N3O3. The van der Waals surface area contributed by atoms with E-state index in [2.05, 4.69) is 16.1 Å². The van der Waals surface area contributed by atoms with E-state index in [0.29, 0.717) is 18.8 Å². The molecule has 0 fully saturated rings. The second-order valence-corrected chi connectivity index (χ2v) is 5.07. The molecule has 0 bridgehead atoms. The summed E-state index contributed by atoms with van der Waals surface area (Å²) < 4.78 is 12.3. The smallest absolute Gasteiger partial charge is 0.176 e. The van der Waals surface area contributed by atoms with Gasteiger partial charge in [-0.25, -0.2) is 0 Å². The molecule has 0 unspecified atom stereocenters. The molecule has 1 aromatic heterocycles. The monoisotopic (exact) mass is 301 g/mol. The number of methoxy groups -OCH3 is 2. The number of fused-ring (bicyclic) bond motifs is 1. The lowest BCUT2D eigenvalue weighted by molar-refractivity contribution is -0.111. The summed E-state index contributed by atoms with van der Waals surface area (Å²) in [4.78, 5) is 2.06. The predicted molar refractivity (Wildman–Crippen MR) is 84.7 cm³/mol. The largest absolute Gasteiger partial charge is 0.508 e. The lowest BCUT2D eigenvalue weighted by atomic mass is 10.2. The molecule has 22 heavy (non-hydrogen) atoms. The Morgan fingerprint density at radius 3 is 2.82 bits per heavy atom. The van der Waals surface area contributed by atoms with E-state index in [-0.39, 0.29) is 6.29 Å². The van der Waals surface area contributed by atoms with Gasteiger partial charge < -0.3 is 19.5 Å². The van der Waals surface area contributed by atoms with Gasteiger partial charge >= 0.3 is 0 Å². The van der Waals surface area contributed by atoms with Crippen LogP contribution in [0, 0.1) is 0 Å². The number of hydrogen-bond donors (Lipinski definition) is 1. The Morgan fingerprint density at radius 1 is 1.32 bits per heavy atom. The molecule has 0 radical (unpaired) electrons. The van der Waals surface area contributed by atoms with Gasteiger partial charge in [-0.15, -0.1) is 0 Å². The standard InChI is InChI=1S/C16H19N3O3/c1-21-16(22-2)11-19-15-4-3-13(9-12(15)10-17-19)18-7-5-14(20)6-8-18/h3-7,9-10,16,20H,8,11H2,1-2H3. The number of ether oxygens (including phenoxy) is 2. The van der Waals surface area contributed by atoms with E-state index >= 15 is 0 Å². The van der Waals surface area contributed by atoms with Crippen LogP contribution in [0.3, 0.4) is 0 Å². The number of aliphatic hydroxyl groups excluding tert-OH is 1. The molecule has 1 aromatic carbocycles. The minimum atomic E-state index is -0.319. The molecule has 0 spiro atoms. The van der Waals surface area contributed by atoms with Crippen LogP contribution in [0.4, 0.5) is 5.69 Å². The molecule has 6 nitrogen and oxygen atoms in total. The molecule has 1 aliphatic heterocycles. The number of aromatic nitrogens is 2. The molecular weight excluding hydrogens is 282 g/mol. The number of anilines is 1. The van der Waals surface area contributed by atoms with Crippen LogP contribution in [-0.2, 0) is 16.0 Å². The Bertz CT molecular complexity index is 716. The molecule has 6 heteroatoms. The Morgan fingerprint density at radius 2 is 2.14 bits per heavy atom. The normalized spacial score (nSPS) is 14.9. The van der Waals surface area contributed by atoms with Gasteiger partial charge in [0.05, 0.1) is 18.3 Å². The third kappa shape index (κ3) is 2.84. The second kappa shape index (κ2) is 6.21. The molecule has 116 valence electrons. The maximum absolute atomic E-state index is 9.39. The van der Waals surface area contributed by atoms with E-state index in [4.69, 9.17) is 9.47 Å². The van der Waals surface area contributed by atoms with Gasteiger partial charge in [0.25, 0.3) is 0 Å². The fraction of sp³-hybridized carbons (Fsp3) is 0.312. The summed E-state index contributed by atoms with van der Waals surface area (Å²) >= 11 is 0. The quantitative estimate of drug-likeness (QED) is 0.860. The maximum Gasteiger partial charge on any atom is 0.176 e. The maximum atomic E-state index is 9.39. The van der Waals surface area contributed by atoms with E-state index < -0.39 is 0 Å². The van der Waals surface area contributed by atoms with E-state index in [1.165, 1.54) is 0 Å². The van der Waals surface area contributed by atoms with Gasteiger partial charge in [-0.3, -0.25) is 4.68 Å². The van der Waals surface area contributed by atoms with Crippen molar-refractivity contribution in [3.8, 4) is 0 Å². The molecule has 0 aliphatic carbocycles. The lowest BCUT2D eigenvalue weighted by Crippen LogP contribution is -2.21. The molecule has 2 heterocycles. The van der Waals surface area contributed by atoms with Gasteiger partial charge in [0.2, 0.25) is 0 Å². The molecule has 0 saturated heterocycles. The van der Waals surface area contributed by atoms with Crippen LogP contribution in [0.1, 0.15) is 0 Å². The Labute approximate surface area is 128 Å². The van der Waals surface area contributed by atoms with Crippen LogP contribution >= 0.6 is 0 Å². The number of hydrogen-bond acceptors (Lipinski definition) is 5. The van der Waals surface area contributed by atoms with Crippen molar-refractivity contribution in [1.29, 1.82) is 0 Å². The minimum absolute atomic E-state index is 0.301. The number of aliphatic hydroxyl groups is 1. The Kier molecular flexibility index (Phi) is 4.13. The van der Waals surface area contributed by atoms with E-state index in [1.807, 2.05) is 29.2 Å².